The van der Waals surface area contributed by atoms with E-state index in [0.717, 1.165) is 18.4 Å². The lowest BCUT2D eigenvalue weighted by Crippen LogP contribution is -2.15. The van der Waals surface area contributed by atoms with Gasteiger partial charge in [0.15, 0.2) is 0 Å². The number of anilines is 2. The topological polar surface area (TPSA) is 92.3 Å². The summed E-state index contributed by atoms with van der Waals surface area (Å²) in [5, 5.41) is 0. The van der Waals surface area contributed by atoms with Crippen LogP contribution in [0.3, 0.4) is 0 Å². The van der Waals surface area contributed by atoms with E-state index in [1.807, 2.05) is 0 Å². The monoisotopic (exact) mass is 362 g/mol. The molecule has 6 nitrogen and oxygen atoms in total. The molecule has 0 aliphatic carbocycles. The van der Waals surface area contributed by atoms with E-state index < -0.39 is 36.6 Å². The number of halogens is 2. The maximum absolute atomic E-state index is 13.6. The van der Waals surface area contributed by atoms with Crippen molar-refractivity contribution in [3.8, 4) is 0 Å². The Morgan fingerprint density at radius 2 is 1.35 bits per heavy atom. The Kier molecular flexibility index (Phi) is 4.57. The molecule has 10 heteroatoms. The van der Waals surface area contributed by atoms with E-state index in [2.05, 4.69) is 9.44 Å². The molecular formula is C13H12F2N2O4S2. The van der Waals surface area contributed by atoms with Crippen LogP contribution in [0.15, 0.2) is 47.4 Å². The molecule has 23 heavy (non-hydrogen) atoms. The molecule has 0 heterocycles. The Balaban J connectivity index is 2.24. The van der Waals surface area contributed by atoms with Crippen molar-refractivity contribution < 1.29 is 25.6 Å². The zero-order valence-corrected chi connectivity index (χ0v) is 13.4. The average Bonchev–Trinajstić information content (AvgIpc) is 2.38. The van der Waals surface area contributed by atoms with Crippen molar-refractivity contribution in [3.63, 3.8) is 0 Å². The molecule has 0 aromatic heterocycles. The molecule has 0 saturated heterocycles. The molecule has 0 aliphatic heterocycles. The molecule has 0 fully saturated rings. The van der Waals surface area contributed by atoms with Crippen LogP contribution in [-0.4, -0.2) is 23.1 Å². The van der Waals surface area contributed by atoms with Crippen LogP contribution in [0.1, 0.15) is 0 Å². The van der Waals surface area contributed by atoms with Gasteiger partial charge in [-0.1, -0.05) is 0 Å². The lowest BCUT2D eigenvalue weighted by Gasteiger charge is -2.10. The quantitative estimate of drug-likeness (QED) is 0.852. The first kappa shape index (κ1) is 17.2. The lowest BCUT2D eigenvalue weighted by atomic mass is 10.3. The number of sulfonamides is 2. The first-order valence-corrected chi connectivity index (χ1v) is 9.50. The highest BCUT2D eigenvalue weighted by Gasteiger charge is 2.19. The minimum absolute atomic E-state index is 0.0905. The molecule has 0 bridgehead atoms. The van der Waals surface area contributed by atoms with E-state index in [-0.39, 0.29) is 11.4 Å². The Morgan fingerprint density at radius 1 is 0.826 bits per heavy atom. The third-order valence-electron chi connectivity index (χ3n) is 2.62. The van der Waals surface area contributed by atoms with Gasteiger partial charge in [-0.05, 0) is 36.4 Å². The molecule has 2 aromatic rings. The smallest absolute Gasteiger partial charge is 0.264 e. The summed E-state index contributed by atoms with van der Waals surface area (Å²) in [6.45, 7) is 0. The third-order valence-corrected chi connectivity index (χ3v) is 4.64. The number of rotatable bonds is 5. The summed E-state index contributed by atoms with van der Waals surface area (Å²) in [6.07, 6.45) is 0.973. The first-order valence-electron chi connectivity index (χ1n) is 6.12. The molecule has 0 unspecified atom stereocenters. The number of nitrogens with one attached hydrogen (secondary N) is 2. The van der Waals surface area contributed by atoms with Gasteiger partial charge in [-0.3, -0.25) is 9.44 Å². The summed E-state index contributed by atoms with van der Waals surface area (Å²) in [4.78, 5) is -0.697. The summed E-state index contributed by atoms with van der Waals surface area (Å²) in [6, 6.07) is 7.37. The minimum Gasteiger partial charge on any atom is -0.284 e. The highest BCUT2D eigenvalue weighted by atomic mass is 32.2. The summed E-state index contributed by atoms with van der Waals surface area (Å²) >= 11 is 0. The Hall–Kier alpha value is -2.20. The standard InChI is InChI=1S/C13H12F2N2O4S2/c1-22(18,19)16-10-3-5-11(6-4-10)17-23(20,21)13-7-2-9(14)8-12(13)15/h2-8,16-17H,1H3. The van der Waals surface area contributed by atoms with Crippen LogP contribution in [0, 0.1) is 11.6 Å². The molecular weight excluding hydrogens is 350 g/mol. The fraction of sp³-hybridized carbons (Fsp3) is 0.0769. The molecule has 2 N–H and O–H groups in total. The fourth-order valence-corrected chi connectivity index (χ4v) is 3.41. The van der Waals surface area contributed by atoms with Gasteiger partial charge in [0.1, 0.15) is 16.5 Å². The average molecular weight is 362 g/mol. The van der Waals surface area contributed by atoms with Gasteiger partial charge in [-0.15, -0.1) is 0 Å². The van der Waals surface area contributed by atoms with Gasteiger partial charge < -0.3 is 0 Å². The van der Waals surface area contributed by atoms with E-state index in [4.69, 9.17) is 0 Å². The van der Waals surface area contributed by atoms with Crippen molar-refractivity contribution in [3.05, 3.63) is 54.1 Å². The minimum atomic E-state index is -4.24. The lowest BCUT2D eigenvalue weighted by molar-refractivity contribution is 0.551. The van der Waals surface area contributed by atoms with Gasteiger partial charge in [0.25, 0.3) is 10.0 Å². The second kappa shape index (κ2) is 6.13. The maximum Gasteiger partial charge on any atom is 0.264 e. The van der Waals surface area contributed by atoms with Gasteiger partial charge >= 0.3 is 0 Å². The van der Waals surface area contributed by atoms with E-state index in [1.165, 1.54) is 24.3 Å². The molecule has 0 amide bonds. The van der Waals surface area contributed by atoms with Crippen molar-refractivity contribution in [2.45, 2.75) is 4.90 Å². The van der Waals surface area contributed by atoms with E-state index in [9.17, 15) is 25.6 Å². The number of benzene rings is 2. The summed E-state index contributed by atoms with van der Waals surface area (Å²) in [5.74, 6) is -2.11. The van der Waals surface area contributed by atoms with E-state index >= 15 is 0 Å². The number of hydrogen-bond acceptors (Lipinski definition) is 4. The van der Waals surface area contributed by atoms with E-state index in [1.54, 1.807) is 0 Å². The van der Waals surface area contributed by atoms with Crippen molar-refractivity contribution in [1.29, 1.82) is 0 Å². The summed E-state index contributed by atoms with van der Waals surface area (Å²) in [7, 11) is -7.69. The van der Waals surface area contributed by atoms with Crippen molar-refractivity contribution in [1.82, 2.24) is 0 Å². The Morgan fingerprint density at radius 3 is 1.83 bits per heavy atom. The van der Waals surface area contributed by atoms with Gasteiger partial charge in [-0.2, -0.15) is 0 Å². The van der Waals surface area contributed by atoms with Crippen LogP contribution in [0.2, 0.25) is 0 Å². The van der Waals surface area contributed by atoms with Crippen LogP contribution < -0.4 is 9.44 Å². The first-order chi connectivity index (χ1) is 10.6. The van der Waals surface area contributed by atoms with Crippen LogP contribution in [-0.2, 0) is 20.0 Å². The molecule has 0 aliphatic rings. The highest BCUT2D eigenvalue weighted by molar-refractivity contribution is 7.92. The third kappa shape index (κ3) is 4.63. The summed E-state index contributed by atoms with van der Waals surface area (Å²) in [5.41, 5.74) is 0.330. The van der Waals surface area contributed by atoms with Gasteiger partial charge in [-0.25, -0.2) is 25.6 Å². The Labute approximate surface area is 132 Å². The molecule has 0 radical (unpaired) electrons. The van der Waals surface area contributed by atoms with Crippen molar-refractivity contribution in [2.24, 2.45) is 0 Å². The normalized spacial score (nSPS) is 12.0. The second-order valence-corrected chi connectivity index (χ2v) is 8.03. The zero-order chi connectivity index (χ0) is 17.3. The predicted octanol–water partition coefficient (Wildman–Crippen LogP) is 2.14. The van der Waals surface area contributed by atoms with Gasteiger partial charge in [0, 0.05) is 17.4 Å². The van der Waals surface area contributed by atoms with E-state index in [0.29, 0.717) is 6.07 Å². The molecule has 2 aromatic carbocycles. The molecule has 0 saturated carbocycles. The molecule has 0 spiro atoms. The molecule has 124 valence electrons. The molecule has 0 atom stereocenters. The zero-order valence-electron chi connectivity index (χ0n) is 11.7. The van der Waals surface area contributed by atoms with Crippen molar-refractivity contribution in [2.75, 3.05) is 15.7 Å². The predicted molar refractivity (Wildman–Crippen MR) is 82.1 cm³/mol. The fourth-order valence-electron chi connectivity index (χ4n) is 1.72. The van der Waals surface area contributed by atoms with Crippen LogP contribution in [0.4, 0.5) is 20.2 Å². The van der Waals surface area contributed by atoms with Gasteiger partial charge in [0.2, 0.25) is 10.0 Å². The van der Waals surface area contributed by atoms with Crippen LogP contribution in [0.25, 0.3) is 0 Å². The highest BCUT2D eigenvalue weighted by Crippen LogP contribution is 2.21. The largest absolute Gasteiger partial charge is 0.284 e. The number of hydrogen-bond donors (Lipinski definition) is 2. The van der Waals surface area contributed by atoms with Crippen LogP contribution >= 0.6 is 0 Å². The second-order valence-electron chi connectivity index (χ2n) is 4.63. The van der Waals surface area contributed by atoms with Gasteiger partial charge in [0.05, 0.1) is 6.26 Å². The maximum atomic E-state index is 13.6. The Bertz CT molecular complexity index is 927. The van der Waals surface area contributed by atoms with Crippen molar-refractivity contribution >= 4 is 31.4 Å². The molecule has 2 rings (SSSR count). The van der Waals surface area contributed by atoms with Crippen LogP contribution in [0.5, 0.6) is 0 Å². The summed E-state index contributed by atoms with van der Waals surface area (Å²) < 4.78 is 77.0. The SMILES string of the molecule is CS(=O)(=O)Nc1ccc(NS(=O)(=O)c2ccc(F)cc2F)cc1.